The number of hydrogen-bond donors (Lipinski definition) is 2. The first-order valence-corrected chi connectivity index (χ1v) is 9.60. The van der Waals surface area contributed by atoms with E-state index in [0.29, 0.717) is 36.8 Å². The van der Waals surface area contributed by atoms with Gasteiger partial charge < -0.3 is 19.9 Å². The molecule has 1 aromatic heterocycles. The van der Waals surface area contributed by atoms with Crippen LogP contribution in [0.25, 0.3) is 0 Å². The molecule has 1 aliphatic carbocycles. The quantitative estimate of drug-likeness (QED) is 0.744. The van der Waals surface area contributed by atoms with E-state index in [1.807, 2.05) is 11.8 Å². The number of aryl methyl sites for hydroxylation is 2. The van der Waals surface area contributed by atoms with E-state index in [1.54, 1.807) is 13.8 Å². The summed E-state index contributed by atoms with van der Waals surface area (Å²) in [4.78, 5) is 45.6. The molecule has 3 rings (SSSR count). The molecular weight excluding hydrogens is 348 g/mol. The lowest BCUT2D eigenvalue weighted by Gasteiger charge is -2.38. The fourth-order valence-electron chi connectivity index (χ4n) is 4.30. The molecule has 2 N–H and O–H groups in total. The molecule has 1 saturated heterocycles. The summed E-state index contributed by atoms with van der Waals surface area (Å²) in [7, 11) is 0. The Morgan fingerprint density at radius 1 is 1.26 bits per heavy atom. The highest BCUT2D eigenvalue weighted by Crippen LogP contribution is 2.37. The Labute approximate surface area is 158 Å². The van der Waals surface area contributed by atoms with E-state index in [2.05, 4.69) is 15.3 Å². The molecule has 1 saturated carbocycles. The number of fused-ring (bicyclic) bond motifs is 2. The number of piperidine rings is 1. The third-order valence-electron chi connectivity index (χ3n) is 5.62. The molecule has 2 aliphatic rings. The van der Waals surface area contributed by atoms with Crippen molar-refractivity contribution in [2.45, 2.75) is 46.1 Å². The average Bonchev–Trinajstić information content (AvgIpc) is 2.84. The lowest BCUT2D eigenvalue weighted by Crippen LogP contribution is -2.54. The summed E-state index contributed by atoms with van der Waals surface area (Å²) in [6.07, 6.45) is 2.02. The Morgan fingerprint density at radius 2 is 1.93 bits per heavy atom. The van der Waals surface area contributed by atoms with Gasteiger partial charge in [0.25, 0.3) is 5.56 Å². The van der Waals surface area contributed by atoms with Crippen LogP contribution in [0.5, 0.6) is 0 Å². The van der Waals surface area contributed by atoms with Gasteiger partial charge in [-0.2, -0.15) is 0 Å². The molecule has 2 amide bonds. The number of rotatable bonds is 6. The van der Waals surface area contributed by atoms with E-state index in [1.165, 1.54) is 0 Å². The van der Waals surface area contributed by atoms with Gasteiger partial charge in [-0.25, -0.2) is 4.98 Å². The highest BCUT2D eigenvalue weighted by atomic mass is 16.5. The van der Waals surface area contributed by atoms with Crippen LogP contribution in [0.15, 0.2) is 4.79 Å². The van der Waals surface area contributed by atoms with Crippen molar-refractivity contribution in [1.82, 2.24) is 20.2 Å². The second-order valence-electron chi connectivity index (χ2n) is 7.52. The molecule has 0 radical (unpaired) electrons. The van der Waals surface area contributed by atoms with Crippen LogP contribution in [-0.4, -0.2) is 59.0 Å². The van der Waals surface area contributed by atoms with Crippen LogP contribution in [0, 0.1) is 25.7 Å². The van der Waals surface area contributed by atoms with Crippen LogP contribution in [-0.2, 0) is 20.7 Å². The monoisotopic (exact) mass is 376 g/mol. The number of aromatic nitrogens is 2. The lowest BCUT2D eigenvalue weighted by atomic mass is 9.91. The normalized spacial score (nSPS) is 24.1. The maximum atomic E-state index is 12.6. The Bertz CT molecular complexity index is 761. The second kappa shape index (κ2) is 8.21. The van der Waals surface area contributed by atoms with Gasteiger partial charge in [0.2, 0.25) is 11.8 Å². The van der Waals surface area contributed by atoms with Crippen molar-refractivity contribution in [3.8, 4) is 0 Å². The maximum absolute atomic E-state index is 12.6. The number of carbonyl (C=O) groups is 2. The smallest absolute Gasteiger partial charge is 0.254 e. The minimum absolute atomic E-state index is 0.0198. The SMILES string of the molecule is CCOCC(=O)N1C[C@H]2CC[C@@H](C1)C2NC(=O)Cc1c(C)nc(C)[nH]c1=O. The van der Waals surface area contributed by atoms with Crippen molar-refractivity contribution >= 4 is 11.8 Å². The number of ether oxygens (including phenoxy) is 1. The molecule has 1 unspecified atom stereocenters. The zero-order valence-electron chi connectivity index (χ0n) is 16.2. The molecule has 27 heavy (non-hydrogen) atoms. The lowest BCUT2D eigenvalue weighted by molar-refractivity contribution is -0.138. The van der Waals surface area contributed by atoms with Crippen molar-refractivity contribution < 1.29 is 14.3 Å². The van der Waals surface area contributed by atoms with Crippen LogP contribution >= 0.6 is 0 Å². The first-order valence-electron chi connectivity index (χ1n) is 9.60. The van der Waals surface area contributed by atoms with Crippen LogP contribution in [0.3, 0.4) is 0 Å². The third-order valence-corrected chi connectivity index (χ3v) is 5.62. The number of hydrogen-bond acceptors (Lipinski definition) is 5. The van der Waals surface area contributed by atoms with Crippen molar-refractivity contribution in [3.63, 3.8) is 0 Å². The predicted octanol–water partition coefficient (Wildman–Crippen LogP) is 0.319. The molecule has 1 aliphatic heterocycles. The first-order chi connectivity index (χ1) is 12.9. The zero-order chi connectivity index (χ0) is 19.6. The van der Waals surface area contributed by atoms with Crippen molar-refractivity contribution in [1.29, 1.82) is 0 Å². The molecular formula is C19H28N4O4. The number of likely N-dealkylation sites (tertiary alicyclic amines) is 1. The number of carbonyl (C=O) groups excluding carboxylic acids is 2. The van der Waals surface area contributed by atoms with Gasteiger partial charge in [0.1, 0.15) is 12.4 Å². The molecule has 0 spiro atoms. The zero-order valence-corrected chi connectivity index (χ0v) is 16.2. The molecule has 8 nitrogen and oxygen atoms in total. The van der Waals surface area contributed by atoms with Gasteiger partial charge in [0, 0.05) is 37.0 Å². The van der Waals surface area contributed by atoms with E-state index < -0.39 is 0 Å². The summed E-state index contributed by atoms with van der Waals surface area (Å²) in [6, 6.07) is 0.0615. The minimum atomic E-state index is -0.255. The fraction of sp³-hybridized carbons (Fsp3) is 0.684. The number of amides is 2. The highest BCUT2D eigenvalue weighted by molar-refractivity contribution is 5.79. The molecule has 1 aromatic rings. The Morgan fingerprint density at radius 3 is 2.52 bits per heavy atom. The molecule has 148 valence electrons. The summed E-state index contributed by atoms with van der Waals surface area (Å²) in [5.41, 5.74) is 0.745. The van der Waals surface area contributed by atoms with E-state index in [0.717, 1.165) is 12.8 Å². The van der Waals surface area contributed by atoms with Crippen molar-refractivity contribution in [2.75, 3.05) is 26.3 Å². The Kier molecular flexibility index (Phi) is 5.94. The largest absolute Gasteiger partial charge is 0.372 e. The molecule has 3 atom stereocenters. The van der Waals surface area contributed by atoms with Gasteiger partial charge in [-0.3, -0.25) is 14.4 Å². The molecule has 0 aromatic carbocycles. The van der Waals surface area contributed by atoms with E-state index in [-0.39, 0.29) is 48.3 Å². The van der Waals surface area contributed by atoms with Gasteiger partial charge in [0.05, 0.1) is 6.42 Å². The minimum Gasteiger partial charge on any atom is -0.372 e. The predicted molar refractivity (Wildman–Crippen MR) is 99.3 cm³/mol. The summed E-state index contributed by atoms with van der Waals surface area (Å²) < 4.78 is 5.23. The van der Waals surface area contributed by atoms with Gasteiger partial charge in [-0.1, -0.05) is 0 Å². The standard InChI is InChI=1S/C19H28N4O4/c1-4-27-10-17(25)23-8-13-5-6-14(9-23)18(13)22-16(24)7-15-11(2)20-12(3)21-19(15)26/h13-14,18H,4-10H2,1-3H3,(H,22,24)(H,20,21,26)/t13-,14+,18?. The van der Waals surface area contributed by atoms with Gasteiger partial charge in [-0.05, 0) is 45.4 Å². The second-order valence-corrected chi connectivity index (χ2v) is 7.52. The summed E-state index contributed by atoms with van der Waals surface area (Å²) in [6.45, 7) is 7.29. The van der Waals surface area contributed by atoms with E-state index in [9.17, 15) is 14.4 Å². The number of nitrogens with one attached hydrogen (secondary N) is 2. The average molecular weight is 376 g/mol. The molecule has 2 heterocycles. The molecule has 2 bridgehead atoms. The van der Waals surface area contributed by atoms with E-state index in [4.69, 9.17) is 4.74 Å². The van der Waals surface area contributed by atoms with Gasteiger partial charge in [0.15, 0.2) is 0 Å². The number of aromatic amines is 1. The molecule has 2 fully saturated rings. The summed E-state index contributed by atoms with van der Waals surface area (Å²) in [5.74, 6) is 0.919. The van der Waals surface area contributed by atoms with Crippen LogP contribution < -0.4 is 10.9 Å². The highest BCUT2D eigenvalue weighted by Gasteiger charge is 2.43. The first kappa shape index (κ1) is 19.5. The van der Waals surface area contributed by atoms with E-state index >= 15 is 0 Å². The summed E-state index contributed by atoms with van der Waals surface area (Å²) >= 11 is 0. The topological polar surface area (TPSA) is 104 Å². The van der Waals surface area contributed by atoms with Gasteiger partial charge in [-0.15, -0.1) is 0 Å². The Balaban J connectivity index is 1.60. The van der Waals surface area contributed by atoms with Crippen LogP contribution in [0.1, 0.15) is 36.8 Å². The molecule has 8 heteroatoms. The summed E-state index contributed by atoms with van der Waals surface area (Å²) in [5, 5.41) is 3.11. The number of nitrogens with zero attached hydrogens (tertiary/aromatic N) is 2. The van der Waals surface area contributed by atoms with Gasteiger partial charge >= 0.3 is 0 Å². The fourth-order valence-corrected chi connectivity index (χ4v) is 4.30. The van der Waals surface area contributed by atoms with Crippen LogP contribution in [0.2, 0.25) is 0 Å². The van der Waals surface area contributed by atoms with Crippen molar-refractivity contribution in [2.24, 2.45) is 11.8 Å². The van der Waals surface area contributed by atoms with Crippen molar-refractivity contribution in [3.05, 3.63) is 27.4 Å². The maximum Gasteiger partial charge on any atom is 0.254 e. The third kappa shape index (κ3) is 4.37. The number of H-pyrrole nitrogens is 1. The van der Waals surface area contributed by atoms with Crippen LogP contribution in [0.4, 0.5) is 0 Å². The Hall–Kier alpha value is -2.22.